The van der Waals surface area contributed by atoms with Crippen LogP contribution in [-0.4, -0.2) is 18.7 Å². The summed E-state index contributed by atoms with van der Waals surface area (Å²) in [6.07, 6.45) is -0.254. The third-order valence-corrected chi connectivity index (χ3v) is 7.93. The van der Waals surface area contributed by atoms with Crippen molar-refractivity contribution in [3.8, 4) is 21.6 Å². The number of anilines is 1. The normalized spacial score (nSPS) is 14.3. The fraction of sp³-hybridized carbons (Fsp3) is 0.226. The molecule has 1 aromatic heterocycles. The van der Waals surface area contributed by atoms with Crippen molar-refractivity contribution in [1.29, 1.82) is 0 Å². The SMILES string of the molecule is CCOC(=O)C1(c2ccc(-c3ccccc3-c3sc(F)cc3NC(=O)OC(C)c3ccc(F)c(F)c3)cc2)CC1. The predicted molar refractivity (Wildman–Crippen MR) is 148 cm³/mol. The number of amides is 1. The van der Waals surface area contributed by atoms with E-state index in [4.69, 9.17) is 9.47 Å². The van der Waals surface area contributed by atoms with Crippen molar-refractivity contribution in [2.24, 2.45) is 0 Å². The van der Waals surface area contributed by atoms with Gasteiger partial charge in [0.2, 0.25) is 0 Å². The van der Waals surface area contributed by atoms with E-state index in [0.717, 1.165) is 53.0 Å². The molecule has 1 atom stereocenters. The van der Waals surface area contributed by atoms with Crippen LogP contribution < -0.4 is 5.32 Å². The van der Waals surface area contributed by atoms with E-state index in [1.54, 1.807) is 6.92 Å². The Kier molecular flexibility index (Phi) is 7.67. The van der Waals surface area contributed by atoms with Crippen molar-refractivity contribution in [3.63, 3.8) is 0 Å². The van der Waals surface area contributed by atoms with Crippen molar-refractivity contribution >= 4 is 29.1 Å². The lowest BCUT2D eigenvalue weighted by atomic mass is 9.92. The molecule has 4 aromatic rings. The summed E-state index contributed by atoms with van der Waals surface area (Å²) >= 11 is 0.874. The van der Waals surface area contributed by atoms with Crippen LogP contribution in [-0.2, 0) is 19.7 Å². The number of esters is 1. The minimum absolute atomic E-state index is 0.210. The molecule has 5 nitrogen and oxygen atoms in total. The van der Waals surface area contributed by atoms with E-state index in [-0.39, 0.29) is 17.2 Å². The van der Waals surface area contributed by atoms with E-state index in [2.05, 4.69) is 5.32 Å². The van der Waals surface area contributed by atoms with Crippen LogP contribution in [0.5, 0.6) is 0 Å². The van der Waals surface area contributed by atoms with Crippen LogP contribution in [0.25, 0.3) is 21.6 Å². The molecule has 5 rings (SSSR count). The first kappa shape index (κ1) is 27.5. The van der Waals surface area contributed by atoms with Gasteiger partial charge >= 0.3 is 12.1 Å². The molecule has 0 aliphatic heterocycles. The highest BCUT2D eigenvalue weighted by molar-refractivity contribution is 7.14. The van der Waals surface area contributed by atoms with Gasteiger partial charge in [0, 0.05) is 11.6 Å². The molecule has 1 saturated carbocycles. The lowest BCUT2D eigenvalue weighted by molar-refractivity contribution is -0.146. The Bertz CT molecular complexity index is 1560. The minimum atomic E-state index is -1.05. The predicted octanol–water partition coefficient (Wildman–Crippen LogP) is 8.40. The van der Waals surface area contributed by atoms with E-state index in [1.165, 1.54) is 19.1 Å². The van der Waals surface area contributed by atoms with Crippen LogP contribution >= 0.6 is 11.3 Å². The van der Waals surface area contributed by atoms with Crippen molar-refractivity contribution in [2.45, 2.75) is 38.2 Å². The van der Waals surface area contributed by atoms with Gasteiger partial charge in [0.25, 0.3) is 0 Å². The van der Waals surface area contributed by atoms with Crippen LogP contribution in [0, 0.1) is 16.8 Å². The zero-order valence-corrected chi connectivity index (χ0v) is 22.6. The summed E-state index contributed by atoms with van der Waals surface area (Å²) in [7, 11) is 0. The standard InChI is InChI=1S/C31H26F3NO4S/c1-3-38-29(36)31(14-15-31)21-11-8-19(9-12-21)22-6-4-5-7-23(22)28-26(17-27(34)40-28)35-30(37)39-18(2)20-10-13-24(32)25(33)16-20/h4-13,16-18H,3,14-15H2,1-2H3,(H,35,37). The average Bonchev–Trinajstić information content (AvgIpc) is 3.68. The van der Waals surface area contributed by atoms with E-state index in [0.29, 0.717) is 17.0 Å². The summed E-state index contributed by atoms with van der Waals surface area (Å²) in [5.74, 6) is -2.26. The highest BCUT2D eigenvalue weighted by Gasteiger charge is 2.52. The maximum absolute atomic E-state index is 14.5. The fourth-order valence-corrected chi connectivity index (χ4v) is 5.57. The lowest BCUT2D eigenvalue weighted by Gasteiger charge is -2.16. The highest BCUT2D eigenvalue weighted by atomic mass is 32.1. The Labute approximate surface area is 233 Å². The van der Waals surface area contributed by atoms with E-state index < -0.39 is 34.4 Å². The Morgan fingerprint density at radius 2 is 1.65 bits per heavy atom. The Morgan fingerprint density at radius 3 is 2.30 bits per heavy atom. The third-order valence-electron chi connectivity index (χ3n) is 6.97. The lowest BCUT2D eigenvalue weighted by Crippen LogP contribution is -2.23. The molecule has 1 N–H and O–H groups in total. The number of benzene rings is 3. The molecular formula is C31H26F3NO4S. The van der Waals surface area contributed by atoms with Crippen molar-refractivity contribution in [1.82, 2.24) is 0 Å². The molecule has 0 spiro atoms. The molecule has 1 unspecified atom stereocenters. The van der Waals surface area contributed by atoms with E-state index in [9.17, 15) is 22.8 Å². The van der Waals surface area contributed by atoms with Crippen LogP contribution in [0.15, 0.2) is 72.8 Å². The van der Waals surface area contributed by atoms with Gasteiger partial charge in [-0.1, -0.05) is 54.6 Å². The number of carbonyl (C=O) groups is 2. The number of thiophene rings is 1. The molecular weight excluding hydrogens is 539 g/mol. The van der Waals surface area contributed by atoms with Crippen molar-refractivity contribution < 1.29 is 32.2 Å². The summed E-state index contributed by atoms with van der Waals surface area (Å²) < 4.78 is 52.0. The number of hydrogen-bond acceptors (Lipinski definition) is 5. The second kappa shape index (κ2) is 11.2. The van der Waals surface area contributed by atoms with E-state index >= 15 is 0 Å². The quantitative estimate of drug-likeness (QED) is 0.218. The Balaban J connectivity index is 1.38. The summed E-state index contributed by atoms with van der Waals surface area (Å²) in [6.45, 7) is 3.64. The molecule has 0 saturated heterocycles. The van der Waals surface area contributed by atoms with Gasteiger partial charge in [0.15, 0.2) is 16.8 Å². The topological polar surface area (TPSA) is 64.6 Å². The molecule has 1 fully saturated rings. The van der Waals surface area contributed by atoms with Gasteiger partial charge < -0.3 is 9.47 Å². The van der Waals surface area contributed by atoms with Gasteiger partial charge in [-0.05, 0) is 61.1 Å². The van der Waals surface area contributed by atoms with Crippen molar-refractivity contribution in [2.75, 3.05) is 11.9 Å². The zero-order valence-electron chi connectivity index (χ0n) is 21.8. The molecule has 1 aliphatic carbocycles. The number of halogens is 3. The third kappa shape index (κ3) is 5.47. The molecule has 1 amide bonds. The number of rotatable bonds is 8. The molecule has 1 aliphatic rings. The number of ether oxygens (including phenoxy) is 2. The summed E-state index contributed by atoms with van der Waals surface area (Å²) in [4.78, 5) is 25.7. The van der Waals surface area contributed by atoms with Crippen LogP contribution in [0.4, 0.5) is 23.7 Å². The molecule has 3 aromatic carbocycles. The molecule has 9 heteroatoms. The summed E-state index contributed by atoms with van der Waals surface area (Å²) in [6, 6.07) is 19.5. The zero-order chi connectivity index (χ0) is 28.4. The van der Waals surface area contributed by atoms with Gasteiger partial charge in [-0.25, -0.2) is 13.6 Å². The summed E-state index contributed by atoms with van der Waals surface area (Å²) in [5.41, 5.74) is 3.16. The smallest absolute Gasteiger partial charge is 0.412 e. The number of hydrogen-bond donors (Lipinski definition) is 1. The van der Waals surface area contributed by atoms with Gasteiger partial charge in [0.05, 0.1) is 22.6 Å². The maximum atomic E-state index is 14.5. The fourth-order valence-electron chi connectivity index (χ4n) is 4.69. The molecule has 40 heavy (non-hydrogen) atoms. The Hall–Kier alpha value is -4.11. The maximum Gasteiger partial charge on any atom is 0.412 e. The Morgan fingerprint density at radius 1 is 0.950 bits per heavy atom. The number of carbonyl (C=O) groups excluding carboxylic acids is 2. The molecule has 1 heterocycles. The minimum Gasteiger partial charge on any atom is -0.465 e. The summed E-state index contributed by atoms with van der Waals surface area (Å²) in [5, 5.41) is 2.08. The van der Waals surface area contributed by atoms with Crippen LogP contribution in [0.3, 0.4) is 0 Å². The van der Waals surface area contributed by atoms with Gasteiger partial charge in [-0.2, -0.15) is 4.39 Å². The first-order valence-electron chi connectivity index (χ1n) is 12.8. The first-order valence-corrected chi connectivity index (χ1v) is 13.6. The van der Waals surface area contributed by atoms with Gasteiger partial charge in [0.1, 0.15) is 6.10 Å². The van der Waals surface area contributed by atoms with Gasteiger partial charge in [-0.15, -0.1) is 11.3 Å². The highest BCUT2D eigenvalue weighted by Crippen LogP contribution is 2.50. The molecule has 0 radical (unpaired) electrons. The molecule has 206 valence electrons. The second-order valence-corrected chi connectivity index (χ2v) is 10.6. The molecule has 0 bridgehead atoms. The van der Waals surface area contributed by atoms with Crippen LogP contribution in [0.2, 0.25) is 0 Å². The average molecular weight is 566 g/mol. The van der Waals surface area contributed by atoms with Gasteiger partial charge in [-0.3, -0.25) is 10.1 Å². The first-order chi connectivity index (χ1) is 19.2. The number of nitrogens with one attached hydrogen (secondary N) is 1. The largest absolute Gasteiger partial charge is 0.465 e. The second-order valence-electron chi connectivity index (χ2n) is 9.56. The van der Waals surface area contributed by atoms with Crippen molar-refractivity contribution in [3.05, 3.63) is 101 Å². The van der Waals surface area contributed by atoms with Crippen LogP contribution in [0.1, 0.15) is 43.9 Å². The van der Waals surface area contributed by atoms with E-state index in [1.807, 2.05) is 48.5 Å². The monoisotopic (exact) mass is 565 g/mol.